The maximum absolute atomic E-state index is 12.7. The zero-order chi connectivity index (χ0) is 27.8. The number of para-hydroxylation sites is 1. The highest BCUT2D eigenvalue weighted by Gasteiger charge is 2.19. The van der Waals surface area contributed by atoms with Crippen LogP contribution in [0.5, 0.6) is 0 Å². The summed E-state index contributed by atoms with van der Waals surface area (Å²) in [5, 5.41) is 10.7. The number of carbonyl (C=O) groups excluding carboxylic acids is 1. The lowest BCUT2D eigenvalue weighted by Crippen LogP contribution is -2.18. The van der Waals surface area contributed by atoms with Crippen molar-refractivity contribution in [3.8, 4) is 33.9 Å². The van der Waals surface area contributed by atoms with Crippen LogP contribution in [0.25, 0.3) is 56.0 Å². The Bertz CT molecular complexity index is 1880. The van der Waals surface area contributed by atoms with E-state index in [4.69, 9.17) is 9.97 Å². The summed E-state index contributed by atoms with van der Waals surface area (Å²) < 4.78 is 0. The number of aromatic amines is 2. The second-order valence-electron chi connectivity index (χ2n) is 11.0. The fourth-order valence-corrected chi connectivity index (χ4v) is 5.93. The number of anilines is 1. The molecule has 0 atom stereocenters. The quantitative estimate of drug-likeness (QED) is 0.203. The SMILES string of the molecule is Cc1cccc(-c2cccc3[nH]c(-c4n[nH]c5ccc(-c6cncc(NC(=O)CC7CCCCC7)c6)nc45)nc23)c1. The number of carbonyl (C=O) groups is 1. The zero-order valence-electron chi connectivity index (χ0n) is 22.9. The summed E-state index contributed by atoms with van der Waals surface area (Å²) in [7, 11) is 0. The van der Waals surface area contributed by atoms with Gasteiger partial charge in [0.1, 0.15) is 5.52 Å². The Hall–Kier alpha value is -4.85. The Balaban J connectivity index is 1.19. The van der Waals surface area contributed by atoms with Crippen molar-refractivity contribution in [2.24, 2.45) is 5.92 Å². The van der Waals surface area contributed by atoms with Gasteiger partial charge in [-0.05, 0) is 55.5 Å². The normalized spacial score (nSPS) is 14.1. The third-order valence-electron chi connectivity index (χ3n) is 7.99. The standard InChI is InChI=1S/C33H31N7O/c1-20-7-5-10-22(15-20)25-11-6-12-27-30(25)38-33(37-27)32-31-28(39-40-32)14-13-26(36-31)23-17-24(19-34-18-23)35-29(41)16-21-8-3-2-4-9-21/h5-7,10-15,17-19,21H,2-4,8-9,16H2,1H3,(H,35,41)(H,37,38)(H,39,40). The van der Waals surface area contributed by atoms with Gasteiger partial charge in [-0.15, -0.1) is 0 Å². The van der Waals surface area contributed by atoms with Crippen molar-refractivity contribution in [3.63, 3.8) is 0 Å². The molecule has 1 saturated carbocycles. The van der Waals surface area contributed by atoms with Crippen molar-refractivity contribution >= 4 is 33.7 Å². The van der Waals surface area contributed by atoms with E-state index in [-0.39, 0.29) is 5.91 Å². The molecule has 1 amide bonds. The minimum atomic E-state index is 0.0475. The Labute approximate surface area is 237 Å². The molecule has 8 heteroatoms. The number of imidazole rings is 1. The van der Waals surface area contributed by atoms with Crippen LogP contribution in [0.1, 0.15) is 44.1 Å². The summed E-state index contributed by atoms with van der Waals surface area (Å²) >= 11 is 0. The number of aryl methyl sites for hydroxylation is 1. The van der Waals surface area contributed by atoms with Crippen LogP contribution in [0.4, 0.5) is 5.69 Å². The number of H-pyrrole nitrogens is 2. The molecule has 3 N–H and O–H groups in total. The van der Waals surface area contributed by atoms with Gasteiger partial charge in [0, 0.05) is 23.7 Å². The van der Waals surface area contributed by atoms with Crippen LogP contribution in [0.3, 0.4) is 0 Å². The average Bonchev–Trinajstić information content (AvgIpc) is 3.61. The van der Waals surface area contributed by atoms with E-state index >= 15 is 0 Å². The molecular formula is C33H31N7O. The van der Waals surface area contributed by atoms with Crippen molar-refractivity contribution in [2.75, 3.05) is 5.32 Å². The summed E-state index contributed by atoms with van der Waals surface area (Å²) in [6.45, 7) is 2.09. The van der Waals surface area contributed by atoms with Crippen molar-refractivity contribution in [1.82, 2.24) is 30.1 Å². The first-order valence-corrected chi connectivity index (χ1v) is 14.3. The van der Waals surface area contributed by atoms with E-state index in [1.807, 2.05) is 30.3 Å². The molecule has 4 aromatic heterocycles. The highest BCUT2D eigenvalue weighted by molar-refractivity contribution is 5.96. The molecule has 1 aliphatic carbocycles. The first kappa shape index (κ1) is 25.1. The largest absolute Gasteiger partial charge is 0.336 e. The summed E-state index contributed by atoms with van der Waals surface area (Å²) in [6.07, 6.45) is 10.0. The molecule has 6 aromatic rings. The number of hydrogen-bond acceptors (Lipinski definition) is 5. The van der Waals surface area contributed by atoms with Gasteiger partial charge in [-0.25, -0.2) is 9.97 Å². The molecule has 0 unspecified atom stereocenters. The zero-order valence-corrected chi connectivity index (χ0v) is 22.9. The molecule has 0 spiro atoms. The van der Waals surface area contributed by atoms with E-state index in [2.05, 4.69) is 62.7 Å². The summed E-state index contributed by atoms with van der Waals surface area (Å²) in [5.41, 5.74) is 9.64. The number of pyridine rings is 2. The third-order valence-corrected chi connectivity index (χ3v) is 7.99. The Morgan fingerprint density at radius 2 is 1.78 bits per heavy atom. The molecule has 1 aliphatic rings. The van der Waals surface area contributed by atoms with Crippen LogP contribution >= 0.6 is 0 Å². The second kappa shape index (κ2) is 10.6. The summed E-state index contributed by atoms with van der Waals surface area (Å²) in [4.78, 5) is 30.5. The minimum Gasteiger partial charge on any atom is -0.336 e. The van der Waals surface area contributed by atoms with Crippen molar-refractivity contribution in [1.29, 1.82) is 0 Å². The predicted octanol–water partition coefficient (Wildman–Crippen LogP) is 7.45. The van der Waals surface area contributed by atoms with Crippen molar-refractivity contribution < 1.29 is 4.79 Å². The van der Waals surface area contributed by atoms with Crippen LogP contribution in [0.2, 0.25) is 0 Å². The molecule has 2 aromatic carbocycles. The van der Waals surface area contributed by atoms with E-state index in [9.17, 15) is 4.79 Å². The van der Waals surface area contributed by atoms with Crippen molar-refractivity contribution in [2.45, 2.75) is 45.4 Å². The number of amides is 1. The molecule has 0 saturated heterocycles. The van der Waals surface area contributed by atoms with Crippen LogP contribution in [-0.2, 0) is 4.79 Å². The fourth-order valence-electron chi connectivity index (χ4n) is 5.93. The van der Waals surface area contributed by atoms with Gasteiger partial charge in [0.05, 0.1) is 34.1 Å². The van der Waals surface area contributed by atoms with Gasteiger partial charge in [-0.3, -0.25) is 14.9 Å². The average molecular weight is 542 g/mol. The number of nitrogens with zero attached hydrogens (tertiary/aromatic N) is 4. The van der Waals surface area contributed by atoms with Gasteiger partial charge in [-0.2, -0.15) is 5.10 Å². The molecule has 41 heavy (non-hydrogen) atoms. The first-order valence-electron chi connectivity index (χ1n) is 14.3. The lowest BCUT2D eigenvalue weighted by molar-refractivity contribution is -0.117. The minimum absolute atomic E-state index is 0.0475. The molecule has 204 valence electrons. The molecule has 0 aliphatic heterocycles. The smallest absolute Gasteiger partial charge is 0.224 e. The molecule has 0 radical (unpaired) electrons. The molecule has 7 rings (SSSR count). The third kappa shape index (κ3) is 5.09. The van der Waals surface area contributed by atoms with E-state index in [1.165, 1.54) is 24.8 Å². The van der Waals surface area contributed by atoms with E-state index in [1.54, 1.807) is 12.4 Å². The number of aromatic nitrogens is 6. The molecule has 8 nitrogen and oxygen atoms in total. The van der Waals surface area contributed by atoms with E-state index in [0.29, 0.717) is 35.1 Å². The van der Waals surface area contributed by atoms with Crippen molar-refractivity contribution in [3.05, 3.63) is 78.6 Å². The summed E-state index contributed by atoms with van der Waals surface area (Å²) in [5.74, 6) is 1.18. The summed E-state index contributed by atoms with van der Waals surface area (Å²) in [6, 6.07) is 20.4. The second-order valence-corrected chi connectivity index (χ2v) is 11.0. The molecule has 1 fully saturated rings. The van der Waals surface area contributed by atoms with Gasteiger partial charge < -0.3 is 10.3 Å². The van der Waals surface area contributed by atoms with Crippen LogP contribution in [0, 0.1) is 12.8 Å². The Morgan fingerprint density at radius 1 is 0.902 bits per heavy atom. The first-order chi connectivity index (χ1) is 20.1. The number of hydrogen-bond donors (Lipinski definition) is 3. The monoisotopic (exact) mass is 541 g/mol. The molecule has 4 heterocycles. The van der Waals surface area contributed by atoms with E-state index < -0.39 is 0 Å². The van der Waals surface area contributed by atoms with Crippen LogP contribution in [0.15, 0.2) is 73.1 Å². The number of rotatable bonds is 6. The Kier molecular flexibility index (Phi) is 6.51. The van der Waals surface area contributed by atoms with Gasteiger partial charge in [0.25, 0.3) is 0 Å². The van der Waals surface area contributed by atoms with Gasteiger partial charge >= 0.3 is 0 Å². The fraction of sp³-hybridized carbons (Fsp3) is 0.242. The number of fused-ring (bicyclic) bond motifs is 2. The van der Waals surface area contributed by atoms with Crippen LogP contribution < -0.4 is 5.32 Å². The predicted molar refractivity (Wildman–Crippen MR) is 162 cm³/mol. The van der Waals surface area contributed by atoms with Crippen LogP contribution in [-0.4, -0.2) is 36.0 Å². The molecule has 0 bridgehead atoms. The van der Waals surface area contributed by atoms with Gasteiger partial charge in [0.15, 0.2) is 11.5 Å². The maximum atomic E-state index is 12.7. The van der Waals surface area contributed by atoms with Gasteiger partial charge in [0.2, 0.25) is 5.91 Å². The maximum Gasteiger partial charge on any atom is 0.224 e. The topological polar surface area (TPSA) is 112 Å². The lowest BCUT2D eigenvalue weighted by Gasteiger charge is -2.20. The van der Waals surface area contributed by atoms with E-state index in [0.717, 1.165) is 51.8 Å². The molecular weight excluding hydrogens is 510 g/mol. The highest BCUT2D eigenvalue weighted by atomic mass is 16.1. The number of benzene rings is 2. The Morgan fingerprint density at radius 3 is 2.66 bits per heavy atom. The lowest BCUT2D eigenvalue weighted by atomic mass is 9.87. The van der Waals surface area contributed by atoms with Gasteiger partial charge in [-0.1, -0.05) is 61.2 Å². The number of nitrogens with one attached hydrogen (secondary N) is 3. The highest BCUT2D eigenvalue weighted by Crippen LogP contribution is 2.32.